The highest BCUT2D eigenvalue weighted by Gasteiger charge is 2.30. The zero-order valence-electron chi connectivity index (χ0n) is 10.5. The first-order valence-electron chi connectivity index (χ1n) is 5.82. The van der Waals surface area contributed by atoms with Crippen LogP contribution < -0.4 is 0 Å². The van der Waals surface area contributed by atoms with Gasteiger partial charge in [-0.1, -0.05) is 23.7 Å². The number of carbonyl (C=O) groups is 1. The molecule has 0 bridgehead atoms. The normalized spacial score (nSPS) is 11.4. The number of hydrogen-bond acceptors (Lipinski definition) is 2. The summed E-state index contributed by atoms with van der Waals surface area (Å²) in [5.74, 6) is -1.08. The molecule has 1 N–H and O–H groups in total. The van der Waals surface area contributed by atoms with Gasteiger partial charge in [0.2, 0.25) is 0 Å². The molecule has 1 aromatic carbocycles. The number of halogens is 4. The summed E-state index contributed by atoms with van der Waals surface area (Å²) in [6.07, 6.45) is -4.80. The van der Waals surface area contributed by atoms with Gasteiger partial charge in [-0.15, -0.1) is 0 Å². The third-order valence-electron chi connectivity index (χ3n) is 2.70. The van der Waals surface area contributed by atoms with Crippen molar-refractivity contribution in [3.8, 4) is 11.3 Å². The van der Waals surface area contributed by atoms with Crippen LogP contribution in [0.1, 0.15) is 11.3 Å². The van der Waals surface area contributed by atoms with Crippen LogP contribution in [0.4, 0.5) is 13.2 Å². The van der Waals surface area contributed by atoms with Crippen molar-refractivity contribution in [2.75, 3.05) is 0 Å². The number of carboxylic acid groups (broad SMARTS) is 1. The van der Waals surface area contributed by atoms with Crippen LogP contribution in [0.15, 0.2) is 36.4 Å². The Morgan fingerprint density at radius 1 is 1.24 bits per heavy atom. The lowest BCUT2D eigenvalue weighted by molar-refractivity contribution is -0.138. The molecule has 0 aliphatic carbocycles. The molecule has 1 aromatic heterocycles. The molecule has 1 heterocycles. The third kappa shape index (κ3) is 3.72. The molecule has 0 radical (unpaired) electrons. The molecule has 0 aliphatic rings. The van der Waals surface area contributed by atoms with E-state index in [1.165, 1.54) is 24.3 Å². The number of aromatic nitrogens is 1. The summed E-state index contributed by atoms with van der Waals surface area (Å²) in [7, 11) is 0. The first-order chi connectivity index (χ1) is 9.77. The van der Waals surface area contributed by atoms with Gasteiger partial charge in [0.15, 0.2) is 0 Å². The Labute approximate surface area is 123 Å². The Bertz CT molecular complexity index is 686. The minimum atomic E-state index is -4.47. The lowest BCUT2D eigenvalue weighted by atomic mass is 10.1. The van der Waals surface area contributed by atoms with Crippen molar-refractivity contribution in [2.24, 2.45) is 0 Å². The highest BCUT2D eigenvalue weighted by atomic mass is 35.5. The van der Waals surface area contributed by atoms with Crippen molar-refractivity contribution >= 4 is 17.6 Å². The molecular formula is C14H9ClF3NO2. The van der Waals surface area contributed by atoms with Crippen LogP contribution in [0.25, 0.3) is 11.3 Å². The smallest absolute Gasteiger partial charge is 0.416 e. The van der Waals surface area contributed by atoms with Gasteiger partial charge in [0.25, 0.3) is 0 Å². The second kappa shape index (κ2) is 5.73. The SMILES string of the molecule is O=C(O)Cc1ccc(Cl)c(-c2cccc(C(F)(F)F)c2)n1. The molecule has 0 aliphatic heterocycles. The van der Waals surface area contributed by atoms with E-state index in [2.05, 4.69) is 4.98 Å². The standard InChI is InChI=1S/C14H9ClF3NO2/c15-11-5-4-10(7-12(20)21)19-13(11)8-2-1-3-9(6-8)14(16,17)18/h1-6H,7H2,(H,20,21). The molecule has 110 valence electrons. The maximum absolute atomic E-state index is 12.7. The Hall–Kier alpha value is -2.08. The van der Waals surface area contributed by atoms with Crippen molar-refractivity contribution in [3.63, 3.8) is 0 Å². The van der Waals surface area contributed by atoms with E-state index in [4.69, 9.17) is 16.7 Å². The van der Waals surface area contributed by atoms with E-state index in [9.17, 15) is 18.0 Å². The van der Waals surface area contributed by atoms with Crippen molar-refractivity contribution in [1.29, 1.82) is 0 Å². The van der Waals surface area contributed by atoms with E-state index in [-0.39, 0.29) is 28.4 Å². The van der Waals surface area contributed by atoms with E-state index in [1.54, 1.807) is 0 Å². The molecule has 2 aromatic rings. The summed E-state index contributed by atoms with van der Waals surface area (Å²) in [5.41, 5.74) is -0.288. The Balaban J connectivity index is 2.48. The maximum atomic E-state index is 12.7. The molecule has 21 heavy (non-hydrogen) atoms. The summed E-state index contributed by atoms with van der Waals surface area (Å²) in [6.45, 7) is 0. The van der Waals surface area contributed by atoms with Gasteiger partial charge >= 0.3 is 12.1 Å². The number of benzene rings is 1. The third-order valence-corrected chi connectivity index (χ3v) is 3.00. The van der Waals surface area contributed by atoms with Gasteiger partial charge in [-0.25, -0.2) is 0 Å². The van der Waals surface area contributed by atoms with Gasteiger partial charge in [0, 0.05) is 5.56 Å². The van der Waals surface area contributed by atoms with E-state index < -0.39 is 17.7 Å². The molecule has 7 heteroatoms. The fourth-order valence-electron chi connectivity index (χ4n) is 1.78. The molecule has 0 saturated heterocycles. The maximum Gasteiger partial charge on any atom is 0.416 e. The predicted octanol–water partition coefficient (Wildman–Crippen LogP) is 4.05. The summed E-state index contributed by atoms with van der Waals surface area (Å²) in [5, 5.41) is 8.88. The average Bonchev–Trinajstić information content (AvgIpc) is 2.39. The first kappa shape index (κ1) is 15.3. The van der Waals surface area contributed by atoms with E-state index in [0.717, 1.165) is 12.1 Å². The largest absolute Gasteiger partial charge is 0.481 e. The number of alkyl halides is 3. The quantitative estimate of drug-likeness (QED) is 0.929. The van der Waals surface area contributed by atoms with E-state index in [1.807, 2.05) is 0 Å². The van der Waals surface area contributed by atoms with E-state index in [0.29, 0.717) is 0 Å². The van der Waals surface area contributed by atoms with Crippen LogP contribution in [0.2, 0.25) is 5.02 Å². The number of aliphatic carboxylic acids is 1. The van der Waals surface area contributed by atoms with Gasteiger partial charge in [-0.05, 0) is 24.3 Å². The van der Waals surface area contributed by atoms with Crippen LogP contribution in [-0.2, 0) is 17.4 Å². The van der Waals surface area contributed by atoms with Crippen molar-refractivity contribution in [1.82, 2.24) is 4.98 Å². The summed E-state index contributed by atoms with van der Waals surface area (Å²) in [6, 6.07) is 7.40. The Morgan fingerprint density at radius 3 is 2.57 bits per heavy atom. The monoisotopic (exact) mass is 315 g/mol. The van der Waals surface area contributed by atoms with Crippen molar-refractivity contribution in [3.05, 3.63) is 52.7 Å². The highest BCUT2D eigenvalue weighted by molar-refractivity contribution is 6.33. The summed E-state index contributed by atoms with van der Waals surface area (Å²) >= 11 is 5.94. The van der Waals surface area contributed by atoms with E-state index >= 15 is 0 Å². The van der Waals surface area contributed by atoms with Gasteiger partial charge in [0.1, 0.15) is 0 Å². The van der Waals surface area contributed by atoms with Crippen LogP contribution in [0, 0.1) is 0 Å². The number of hydrogen-bond donors (Lipinski definition) is 1. The fraction of sp³-hybridized carbons (Fsp3) is 0.143. The zero-order chi connectivity index (χ0) is 15.6. The zero-order valence-corrected chi connectivity index (χ0v) is 11.2. The topological polar surface area (TPSA) is 50.2 Å². The minimum Gasteiger partial charge on any atom is -0.481 e. The molecule has 0 unspecified atom stereocenters. The highest BCUT2D eigenvalue weighted by Crippen LogP contribution is 2.33. The average molecular weight is 316 g/mol. The summed E-state index contributed by atoms with van der Waals surface area (Å²) in [4.78, 5) is 14.7. The number of pyridine rings is 1. The van der Waals surface area contributed by atoms with Gasteiger partial charge < -0.3 is 5.11 Å². The van der Waals surface area contributed by atoms with Crippen LogP contribution in [-0.4, -0.2) is 16.1 Å². The molecule has 3 nitrogen and oxygen atoms in total. The lowest BCUT2D eigenvalue weighted by Gasteiger charge is -2.10. The van der Waals surface area contributed by atoms with Crippen molar-refractivity contribution in [2.45, 2.75) is 12.6 Å². The lowest BCUT2D eigenvalue weighted by Crippen LogP contribution is -2.05. The number of rotatable bonds is 3. The predicted molar refractivity (Wildman–Crippen MR) is 71.0 cm³/mol. The van der Waals surface area contributed by atoms with Crippen LogP contribution >= 0.6 is 11.6 Å². The van der Waals surface area contributed by atoms with Gasteiger partial charge in [-0.2, -0.15) is 13.2 Å². The molecule has 0 atom stereocenters. The fourth-order valence-corrected chi connectivity index (χ4v) is 2.00. The molecule has 0 fully saturated rings. The number of nitrogens with zero attached hydrogens (tertiary/aromatic N) is 1. The second-order valence-corrected chi connectivity index (χ2v) is 4.69. The summed E-state index contributed by atoms with van der Waals surface area (Å²) < 4.78 is 38.1. The molecule has 0 amide bonds. The Morgan fingerprint density at radius 2 is 1.95 bits per heavy atom. The van der Waals surface area contributed by atoms with Crippen molar-refractivity contribution < 1.29 is 23.1 Å². The second-order valence-electron chi connectivity index (χ2n) is 4.28. The van der Waals surface area contributed by atoms with Gasteiger partial charge in [-0.3, -0.25) is 9.78 Å². The number of carboxylic acids is 1. The molecule has 2 rings (SSSR count). The minimum absolute atomic E-state index is 0.126. The molecule has 0 spiro atoms. The van der Waals surface area contributed by atoms with Gasteiger partial charge in [0.05, 0.1) is 28.4 Å². The van der Waals surface area contributed by atoms with Crippen LogP contribution in [0.3, 0.4) is 0 Å². The Kier molecular flexibility index (Phi) is 4.18. The molecular weight excluding hydrogens is 307 g/mol. The first-order valence-corrected chi connectivity index (χ1v) is 6.20. The van der Waals surface area contributed by atoms with Crippen LogP contribution in [0.5, 0.6) is 0 Å². The molecule has 0 saturated carbocycles.